The molecule has 3 rings (SSSR count). The molecule has 0 spiro atoms. The summed E-state index contributed by atoms with van der Waals surface area (Å²) in [5, 5.41) is 2.85. The van der Waals surface area contributed by atoms with Crippen molar-refractivity contribution in [3.8, 4) is 0 Å². The van der Waals surface area contributed by atoms with Gasteiger partial charge in [0.1, 0.15) is 5.82 Å². The molecule has 0 unspecified atom stereocenters. The van der Waals surface area contributed by atoms with Crippen LogP contribution in [-0.2, 0) is 11.2 Å². The van der Waals surface area contributed by atoms with E-state index in [0.717, 1.165) is 5.69 Å². The number of rotatable bonds is 4. The molecule has 6 heteroatoms. The number of amides is 3. The van der Waals surface area contributed by atoms with Crippen molar-refractivity contribution in [3.05, 3.63) is 66.0 Å². The quantitative estimate of drug-likeness (QED) is 0.916. The highest BCUT2D eigenvalue weighted by Crippen LogP contribution is 2.12. The second-order valence-corrected chi connectivity index (χ2v) is 6.26. The number of hydrogen-bond acceptors (Lipinski definition) is 2. The molecule has 0 atom stereocenters. The molecule has 0 aliphatic carbocycles. The van der Waals surface area contributed by atoms with Gasteiger partial charge in [0.05, 0.1) is 0 Å². The van der Waals surface area contributed by atoms with Gasteiger partial charge in [-0.1, -0.05) is 36.4 Å². The number of benzene rings is 2. The van der Waals surface area contributed by atoms with E-state index < -0.39 is 0 Å². The number of carbonyl (C=O) groups excluding carboxylic acids is 2. The van der Waals surface area contributed by atoms with Crippen LogP contribution in [0.25, 0.3) is 0 Å². The molecule has 0 bridgehead atoms. The summed E-state index contributed by atoms with van der Waals surface area (Å²) in [7, 11) is 0. The topological polar surface area (TPSA) is 52.7 Å². The van der Waals surface area contributed by atoms with E-state index in [1.165, 1.54) is 6.07 Å². The molecule has 2 aromatic rings. The van der Waals surface area contributed by atoms with Gasteiger partial charge in [0, 0.05) is 38.3 Å². The standard InChI is InChI=1S/C20H22FN3O2/c21-18-9-5-4-6-16(18)10-11-19(25)23-12-14-24(15-13-23)20(26)22-17-7-2-1-3-8-17/h1-9H,10-15H2,(H,22,26). The Labute approximate surface area is 152 Å². The summed E-state index contributed by atoms with van der Waals surface area (Å²) in [6, 6.07) is 15.6. The fraction of sp³-hybridized carbons (Fsp3) is 0.300. The molecule has 1 aliphatic heterocycles. The second-order valence-electron chi connectivity index (χ2n) is 6.26. The lowest BCUT2D eigenvalue weighted by Crippen LogP contribution is -2.51. The number of hydrogen-bond donors (Lipinski definition) is 1. The Balaban J connectivity index is 1.45. The zero-order valence-electron chi connectivity index (χ0n) is 14.5. The number of nitrogens with one attached hydrogen (secondary N) is 1. The predicted molar refractivity (Wildman–Crippen MR) is 98.3 cm³/mol. The number of piperazine rings is 1. The molecule has 0 saturated carbocycles. The summed E-state index contributed by atoms with van der Waals surface area (Å²) in [4.78, 5) is 28.0. The highest BCUT2D eigenvalue weighted by molar-refractivity contribution is 5.89. The summed E-state index contributed by atoms with van der Waals surface area (Å²) in [5.41, 5.74) is 1.31. The van der Waals surface area contributed by atoms with Crippen LogP contribution in [0.2, 0.25) is 0 Å². The van der Waals surface area contributed by atoms with Gasteiger partial charge >= 0.3 is 6.03 Å². The lowest BCUT2D eigenvalue weighted by atomic mass is 10.1. The number of nitrogens with zero attached hydrogens (tertiary/aromatic N) is 2. The van der Waals surface area contributed by atoms with Gasteiger partial charge < -0.3 is 15.1 Å². The van der Waals surface area contributed by atoms with Crippen molar-refractivity contribution in [2.24, 2.45) is 0 Å². The molecule has 1 heterocycles. The van der Waals surface area contributed by atoms with Crippen LogP contribution in [0.1, 0.15) is 12.0 Å². The van der Waals surface area contributed by atoms with Crippen LogP contribution in [-0.4, -0.2) is 47.9 Å². The Morgan fingerprint density at radius 1 is 0.885 bits per heavy atom. The molecule has 1 saturated heterocycles. The Hall–Kier alpha value is -2.89. The van der Waals surface area contributed by atoms with Crippen molar-refractivity contribution >= 4 is 17.6 Å². The Bertz CT molecular complexity index is 759. The molecule has 26 heavy (non-hydrogen) atoms. The van der Waals surface area contributed by atoms with Gasteiger partial charge in [-0.15, -0.1) is 0 Å². The fourth-order valence-electron chi connectivity index (χ4n) is 2.98. The SMILES string of the molecule is O=C(CCc1ccccc1F)N1CCN(C(=O)Nc2ccccc2)CC1. The minimum atomic E-state index is -0.275. The maximum absolute atomic E-state index is 13.6. The fourth-order valence-corrected chi connectivity index (χ4v) is 2.98. The molecule has 0 aromatic heterocycles. The number of halogens is 1. The Kier molecular flexibility index (Phi) is 5.84. The van der Waals surface area contributed by atoms with Crippen molar-refractivity contribution in [1.29, 1.82) is 0 Å². The molecule has 3 amide bonds. The summed E-state index contributed by atoms with van der Waals surface area (Å²) < 4.78 is 13.6. The van der Waals surface area contributed by atoms with Crippen molar-refractivity contribution in [2.45, 2.75) is 12.8 Å². The van der Waals surface area contributed by atoms with E-state index in [1.54, 1.807) is 28.0 Å². The molecule has 136 valence electrons. The lowest BCUT2D eigenvalue weighted by molar-refractivity contribution is -0.132. The summed E-state index contributed by atoms with van der Waals surface area (Å²) >= 11 is 0. The van der Waals surface area contributed by atoms with Gasteiger partial charge in [-0.25, -0.2) is 9.18 Å². The van der Waals surface area contributed by atoms with Gasteiger partial charge in [-0.2, -0.15) is 0 Å². The molecular weight excluding hydrogens is 333 g/mol. The molecule has 1 N–H and O–H groups in total. The maximum Gasteiger partial charge on any atom is 0.321 e. The zero-order chi connectivity index (χ0) is 18.4. The Morgan fingerprint density at radius 2 is 1.50 bits per heavy atom. The monoisotopic (exact) mass is 355 g/mol. The molecule has 0 radical (unpaired) electrons. The second kappa shape index (κ2) is 8.47. The molecule has 1 aliphatic rings. The van der Waals surface area contributed by atoms with E-state index >= 15 is 0 Å². The van der Waals surface area contributed by atoms with Gasteiger partial charge in [0.2, 0.25) is 5.91 Å². The van der Waals surface area contributed by atoms with E-state index in [0.29, 0.717) is 38.2 Å². The zero-order valence-corrected chi connectivity index (χ0v) is 14.5. The van der Waals surface area contributed by atoms with Crippen LogP contribution in [0.4, 0.5) is 14.9 Å². The normalized spacial score (nSPS) is 14.2. The third kappa shape index (κ3) is 4.59. The first-order chi connectivity index (χ1) is 12.6. The molecule has 1 fully saturated rings. The smallest absolute Gasteiger partial charge is 0.321 e. The third-order valence-electron chi connectivity index (χ3n) is 4.51. The highest BCUT2D eigenvalue weighted by Gasteiger charge is 2.24. The highest BCUT2D eigenvalue weighted by atomic mass is 19.1. The number of anilines is 1. The molecule has 5 nitrogen and oxygen atoms in total. The predicted octanol–water partition coefficient (Wildman–Crippen LogP) is 3.13. The minimum Gasteiger partial charge on any atom is -0.339 e. The minimum absolute atomic E-state index is 0.00336. The first kappa shape index (κ1) is 17.9. The van der Waals surface area contributed by atoms with E-state index in [4.69, 9.17) is 0 Å². The summed E-state index contributed by atoms with van der Waals surface area (Å²) in [5.74, 6) is -0.279. The Morgan fingerprint density at radius 3 is 2.19 bits per heavy atom. The van der Waals surface area contributed by atoms with Crippen molar-refractivity contribution in [2.75, 3.05) is 31.5 Å². The first-order valence-corrected chi connectivity index (χ1v) is 8.75. The van der Waals surface area contributed by atoms with Crippen molar-refractivity contribution < 1.29 is 14.0 Å². The van der Waals surface area contributed by atoms with Gasteiger partial charge in [0.15, 0.2) is 0 Å². The van der Waals surface area contributed by atoms with E-state index in [2.05, 4.69) is 5.32 Å². The number of aryl methyl sites for hydroxylation is 1. The number of para-hydroxylation sites is 1. The van der Waals surface area contributed by atoms with Gasteiger partial charge in [-0.05, 0) is 30.2 Å². The van der Waals surface area contributed by atoms with Crippen molar-refractivity contribution in [3.63, 3.8) is 0 Å². The maximum atomic E-state index is 13.6. The van der Waals surface area contributed by atoms with Crippen LogP contribution in [0.5, 0.6) is 0 Å². The average molecular weight is 355 g/mol. The largest absolute Gasteiger partial charge is 0.339 e. The van der Waals surface area contributed by atoms with Gasteiger partial charge in [-0.3, -0.25) is 4.79 Å². The van der Waals surface area contributed by atoms with Crippen molar-refractivity contribution in [1.82, 2.24) is 9.80 Å². The molecule has 2 aromatic carbocycles. The summed E-state index contributed by atoms with van der Waals surface area (Å²) in [6.45, 7) is 1.98. The van der Waals surface area contributed by atoms with Crippen LogP contribution < -0.4 is 5.32 Å². The van der Waals surface area contributed by atoms with Crippen LogP contribution in [0, 0.1) is 5.82 Å². The number of carbonyl (C=O) groups is 2. The average Bonchev–Trinajstić information content (AvgIpc) is 2.68. The van der Waals surface area contributed by atoms with E-state index in [9.17, 15) is 14.0 Å². The lowest BCUT2D eigenvalue weighted by Gasteiger charge is -2.34. The van der Waals surface area contributed by atoms with Gasteiger partial charge in [0.25, 0.3) is 0 Å². The summed E-state index contributed by atoms with van der Waals surface area (Å²) in [6.07, 6.45) is 0.664. The van der Waals surface area contributed by atoms with Crippen LogP contribution >= 0.6 is 0 Å². The number of urea groups is 1. The third-order valence-corrected chi connectivity index (χ3v) is 4.51. The van der Waals surface area contributed by atoms with E-state index in [-0.39, 0.29) is 24.2 Å². The molecular formula is C20H22FN3O2. The van der Waals surface area contributed by atoms with Crippen LogP contribution in [0.15, 0.2) is 54.6 Å². The first-order valence-electron chi connectivity index (χ1n) is 8.75. The van der Waals surface area contributed by atoms with E-state index in [1.807, 2.05) is 30.3 Å². The van der Waals surface area contributed by atoms with Crippen LogP contribution in [0.3, 0.4) is 0 Å².